The molecule has 162 valence electrons. The van der Waals surface area contributed by atoms with E-state index in [0.717, 1.165) is 4.31 Å². The van der Waals surface area contributed by atoms with E-state index in [4.69, 9.17) is 9.47 Å². The zero-order chi connectivity index (χ0) is 22.6. The summed E-state index contributed by atoms with van der Waals surface area (Å²) in [6.45, 7) is 0. The first-order valence-electron chi connectivity index (χ1n) is 9.15. The topological polar surface area (TPSA) is 84.9 Å². The number of nitrogens with zero attached hydrogens (tertiary/aromatic N) is 1. The van der Waals surface area contributed by atoms with Crippen molar-refractivity contribution in [2.45, 2.75) is 4.90 Å². The van der Waals surface area contributed by atoms with E-state index in [1.807, 2.05) is 0 Å². The number of sulfonamides is 1. The standard InChI is InChI=1S/C22H21FN2O5S/c1-25(19-10-5-4-9-18(19)23)31(27,28)17-8-6-7-15(13-17)22(26)24-16-11-12-20(29-2)21(14-16)30-3/h4-14H,1-3H3,(H,24,26). The minimum atomic E-state index is -4.09. The second-order valence-electron chi connectivity index (χ2n) is 6.48. The molecular formula is C22H21FN2O5S. The van der Waals surface area contributed by atoms with E-state index in [1.54, 1.807) is 18.2 Å². The lowest BCUT2D eigenvalue weighted by atomic mass is 10.2. The van der Waals surface area contributed by atoms with Crippen molar-refractivity contribution in [3.8, 4) is 11.5 Å². The fraction of sp³-hybridized carbons (Fsp3) is 0.136. The van der Waals surface area contributed by atoms with Crippen molar-refractivity contribution in [1.29, 1.82) is 0 Å². The van der Waals surface area contributed by atoms with Gasteiger partial charge in [0.2, 0.25) is 0 Å². The molecule has 0 aliphatic carbocycles. The molecule has 7 nitrogen and oxygen atoms in total. The second-order valence-corrected chi connectivity index (χ2v) is 8.44. The highest BCUT2D eigenvalue weighted by Gasteiger charge is 2.24. The molecule has 3 aromatic carbocycles. The Morgan fingerprint density at radius 2 is 1.65 bits per heavy atom. The van der Waals surface area contributed by atoms with Crippen LogP contribution in [0.1, 0.15) is 10.4 Å². The number of halogens is 1. The van der Waals surface area contributed by atoms with Crippen molar-refractivity contribution >= 4 is 27.3 Å². The molecule has 0 saturated heterocycles. The summed E-state index contributed by atoms with van der Waals surface area (Å²) in [5.74, 6) is -0.248. The van der Waals surface area contributed by atoms with E-state index in [2.05, 4.69) is 5.32 Å². The molecule has 0 aliphatic rings. The lowest BCUT2D eigenvalue weighted by Gasteiger charge is -2.20. The van der Waals surface area contributed by atoms with Gasteiger partial charge in [-0.1, -0.05) is 18.2 Å². The molecule has 0 radical (unpaired) electrons. The van der Waals surface area contributed by atoms with E-state index < -0.39 is 21.7 Å². The number of ether oxygens (including phenoxy) is 2. The highest BCUT2D eigenvalue weighted by atomic mass is 32.2. The number of para-hydroxylation sites is 1. The van der Waals surface area contributed by atoms with E-state index in [1.165, 1.54) is 69.8 Å². The fourth-order valence-electron chi connectivity index (χ4n) is 2.91. The van der Waals surface area contributed by atoms with Crippen LogP contribution in [0, 0.1) is 5.82 Å². The monoisotopic (exact) mass is 444 g/mol. The molecule has 1 amide bonds. The number of amides is 1. The minimum Gasteiger partial charge on any atom is -0.493 e. The number of carbonyl (C=O) groups excluding carboxylic acids is 1. The molecule has 0 saturated carbocycles. The Morgan fingerprint density at radius 1 is 0.935 bits per heavy atom. The van der Waals surface area contributed by atoms with Gasteiger partial charge in [0.25, 0.3) is 15.9 Å². The van der Waals surface area contributed by atoms with Crippen molar-refractivity contribution in [1.82, 2.24) is 0 Å². The average Bonchev–Trinajstić information content (AvgIpc) is 2.78. The van der Waals surface area contributed by atoms with Gasteiger partial charge in [0.15, 0.2) is 11.5 Å². The van der Waals surface area contributed by atoms with Crippen LogP contribution in [0.25, 0.3) is 0 Å². The van der Waals surface area contributed by atoms with Crippen LogP contribution >= 0.6 is 0 Å². The first-order chi connectivity index (χ1) is 14.8. The summed E-state index contributed by atoms with van der Waals surface area (Å²) in [5, 5.41) is 2.69. The van der Waals surface area contributed by atoms with Crippen molar-refractivity contribution < 1.29 is 27.1 Å². The van der Waals surface area contributed by atoms with Crippen molar-refractivity contribution in [3.63, 3.8) is 0 Å². The average molecular weight is 444 g/mol. The van der Waals surface area contributed by atoms with Gasteiger partial charge in [-0.3, -0.25) is 9.10 Å². The Bertz CT molecular complexity index is 1210. The maximum atomic E-state index is 14.1. The van der Waals surface area contributed by atoms with Gasteiger partial charge in [0.05, 0.1) is 24.8 Å². The number of anilines is 2. The highest BCUT2D eigenvalue weighted by molar-refractivity contribution is 7.92. The molecule has 0 aromatic heterocycles. The van der Waals surface area contributed by atoms with E-state index in [9.17, 15) is 17.6 Å². The van der Waals surface area contributed by atoms with Gasteiger partial charge in [-0.15, -0.1) is 0 Å². The van der Waals surface area contributed by atoms with E-state index >= 15 is 0 Å². The summed E-state index contributed by atoms with van der Waals surface area (Å²) in [4.78, 5) is 12.5. The molecule has 0 heterocycles. The number of rotatable bonds is 7. The van der Waals surface area contributed by atoms with Gasteiger partial charge in [-0.25, -0.2) is 12.8 Å². The molecule has 9 heteroatoms. The maximum Gasteiger partial charge on any atom is 0.264 e. The second kappa shape index (κ2) is 9.05. The van der Waals surface area contributed by atoms with Crippen LogP contribution in [0.15, 0.2) is 71.6 Å². The molecule has 1 N–H and O–H groups in total. The van der Waals surface area contributed by atoms with Crippen molar-refractivity contribution in [2.24, 2.45) is 0 Å². The van der Waals surface area contributed by atoms with Gasteiger partial charge < -0.3 is 14.8 Å². The number of benzene rings is 3. The quantitative estimate of drug-likeness (QED) is 0.597. The first-order valence-corrected chi connectivity index (χ1v) is 10.6. The van der Waals surface area contributed by atoms with E-state index in [-0.39, 0.29) is 16.1 Å². The third-order valence-electron chi connectivity index (χ3n) is 4.59. The number of nitrogens with one attached hydrogen (secondary N) is 1. The molecule has 0 unspecified atom stereocenters. The first kappa shape index (κ1) is 22.1. The summed E-state index contributed by atoms with van der Waals surface area (Å²) in [6.07, 6.45) is 0. The number of methoxy groups -OCH3 is 2. The molecule has 0 fully saturated rings. The molecule has 31 heavy (non-hydrogen) atoms. The zero-order valence-corrected chi connectivity index (χ0v) is 17.9. The van der Waals surface area contributed by atoms with Crippen LogP contribution in [-0.2, 0) is 10.0 Å². The third-order valence-corrected chi connectivity index (χ3v) is 6.36. The smallest absolute Gasteiger partial charge is 0.264 e. The summed E-state index contributed by atoms with van der Waals surface area (Å²) in [5.41, 5.74) is 0.472. The Hall–Kier alpha value is -3.59. The Balaban J connectivity index is 1.87. The number of carbonyl (C=O) groups is 1. The summed E-state index contributed by atoms with van der Waals surface area (Å²) in [6, 6.07) is 15.9. The molecule has 3 rings (SSSR count). The van der Waals surface area contributed by atoms with Gasteiger partial charge in [-0.2, -0.15) is 0 Å². The fourth-order valence-corrected chi connectivity index (χ4v) is 4.16. The highest BCUT2D eigenvalue weighted by Crippen LogP contribution is 2.30. The predicted octanol–water partition coefficient (Wildman–Crippen LogP) is 3.92. The zero-order valence-electron chi connectivity index (χ0n) is 17.1. The summed E-state index contributed by atoms with van der Waals surface area (Å²) >= 11 is 0. The van der Waals surface area contributed by atoms with Crippen LogP contribution < -0.4 is 19.1 Å². The maximum absolute atomic E-state index is 14.1. The van der Waals surface area contributed by atoms with Gasteiger partial charge in [0.1, 0.15) is 5.82 Å². The SMILES string of the molecule is COc1ccc(NC(=O)c2cccc(S(=O)(=O)N(C)c3ccccc3F)c2)cc1OC. The van der Waals surface area contributed by atoms with Gasteiger partial charge in [0, 0.05) is 24.4 Å². The number of hydrogen-bond acceptors (Lipinski definition) is 5. The lowest BCUT2D eigenvalue weighted by molar-refractivity contribution is 0.102. The predicted molar refractivity (Wildman–Crippen MR) is 116 cm³/mol. The van der Waals surface area contributed by atoms with Crippen LogP contribution in [0.2, 0.25) is 0 Å². The molecule has 0 aliphatic heterocycles. The Kier molecular flexibility index (Phi) is 6.45. The third kappa shape index (κ3) is 4.61. The largest absolute Gasteiger partial charge is 0.493 e. The summed E-state index contributed by atoms with van der Waals surface area (Å²) < 4.78 is 51.2. The van der Waals surface area contributed by atoms with Crippen molar-refractivity contribution in [3.05, 3.63) is 78.1 Å². The van der Waals surface area contributed by atoms with Crippen molar-refractivity contribution in [2.75, 3.05) is 30.9 Å². The summed E-state index contributed by atoms with van der Waals surface area (Å²) in [7, 11) is 0.144. The van der Waals surface area contributed by atoms with E-state index in [0.29, 0.717) is 17.2 Å². The van der Waals surface area contributed by atoms with Gasteiger partial charge >= 0.3 is 0 Å². The van der Waals surface area contributed by atoms with Gasteiger partial charge in [-0.05, 0) is 42.5 Å². The molecule has 0 bridgehead atoms. The lowest BCUT2D eigenvalue weighted by Crippen LogP contribution is -2.27. The number of hydrogen-bond donors (Lipinski definition) is 1. The normalized spacial score (nSPS) is 11.0. The molecule has 0 spiro atoms. The molecule has 0 atom stereocenters. The van der Waals surface area contributed by atoms with Crippen LogP contribution in [0.4, 0.5) is 15.8 Å². The van der Waals surface area contributed by atoms with Crippen LogP contribution in [0.3, 0.4) is 0 Å². The molecular weight excluding hydrogens is 423 g/mol. The Labute approximate surface area is 180 Å². The molecule has 3 aromatic rings. The van der Waals surface area contributed by atoms with Crippen LogP contribution in [-0.4, -0.2) is 35.6 Å². The Morgan fingerprint density at radius 3 is 2.32 bits per heavy atom. The minimum absolute atomic E-state index is 0.0947. The van der Waals surface area contributed by atoms with Crippen LogP contribution in [0.5, 0.6) is 11.5 Å².